The Morgan fingerprint density at radius 2 is 2.54 bits per heavy atom. The minimum Gasteiger partial charge on any atom is -0.379 e. The fourth-order valence-corrected chi connectivity index (χ4v) is 1.39. The molecule has 1 aliphatic heterocycles. The van der Waals surface area contributed by atoms with E-state index in [0.29, 0.717) is 12.0 Å². The highest BCUT2D eigenvalue weighted by molar-refractivity contribution is 5.13. The number of hydrogen-bond acceptors (Lipinski definition) is 5. The van der Waals surface area contributed by atoms with E-state index in [4.69, 9.17) is 10.5 Å². The largest absolute Gasteiger partial charge is 0.379 e. The first-order chi connectivity index (χ1) is 6.34. The summed E-state index contributed by atoms with van der Waals surface area (Å²) in [5.41, 5.74) is 5.38. The fourth-order valence-electron chi connectivity index (χ4n) is 1.39. The molecule has 0 amide bonds. The van der Waals surface area contributed by atoms with E-state index < -0.39 is 0 Å². The molecule has 2 rings (SSSR count). The van der Waals surface area contributed by atoms with E-state index in [1.54, 1.807) is 0 Å². The van der Waals surface area contributed by atoms with E-state index in [1.165, 1.54) is 0 Å². The number of hydrogen-bond donors (Lipinski definition) is 3. The van der Waals surface area contributed by atoms with Gasteiger partial charge in [0.25, 0.3) is 0 Å². The highest BCUT2D eigenvalue weighted by atomic mass is 16.5. The van der Waals surface area contributed by atoms with E-state index >= 15 is 0 Å². The zero-order valence-corrected chi connectivity index (χ0v) is 7.29. The van der Waals surface area contributed by atoms with Gasteiger partial charge in [0, 0.05) is 19.0 Å². The van der Waals surface area contributed by atoms with Crippen molar-refractivity contribution in [2.45, 2.75) is 12.5 Å². The molecule has 1 aliphatic rings. The third-order valence-corrected chi connectivity index (χ3v) is 1.99. The molecule has 1 fully saturated rings. The van der Waals surface area contributed by atoms with Crippen LogP contribution < -0.4 is 11.1 Å². The summed E-state index contributed by atoms with van der Waals surface area (Å²) in [6.45, 7) is 2.41. The second kappa shape index (κ2) is 3.71. The Balaban J connectivity index is 1.89. The molecule has 0 aromatic carbocycles. The number of rotatable bonds is 2. The van der Waals surface area contributed by atoms with E-state index in [0.717, 1.165) is 32.0 Å². The second-order valence-electron chi connectivity index (χ2n) is 3.07. The topological polar surface area (TPSA) is 88.8 Å². The fraction of sp³-hybridized carbons (Fsp3) is 0.714. The van der Waals surface area contributed by atoms with Gasteiger partial charge in [-0.2, -0.15) is 4.98 Å². The van der Waals surface area contributed by atoms with Crippen molar-refractivity contribution in [1.82, 2.24) is 20.5 Å². The monoisotopic (exact) mass is 183 g/mol. The maximum atomic E-state index is 5.38. The van der Waals surface area contributed by atoms with E-state index in [2.05, 4.69) is 20.5 Å². The normalized spacial score (nSPS) is 23.2. The highest BCUT2D eigenvalue weighted by Crippen LogP contribution is 2.01. The van der Waals surface area contributed by atoms with Crippen LogP contribution in [-0.2, 0) is 11.2 Å². The summed E-state index contributed by atoms with van der Waals surface area (Å²) < 4.78 is 5.31. The molecule has 1 atom stereocenters. The summed E-state index contributed by atoms with van der Waals surface area (Å²) in [7, 11) is 0. The first kappa shape index (κ1) is 8.46. The first-order valence-electron chi connectivity index (χ1n) is 4.32. The van der Waals surface area contributed by atoms with Crippen LogP contribution in [-0.4, -0.2) is 41.0 Å². The molecule has 1 saturated heterocycles. The Hall–Kier alpha value is -1.14. The van der Waals surface area contributed by atoms with Crippen LogP contribution in [0.2, 0.25) is 0 Å². The van der Waals surface area contributed by atoms with Gasteiger partial charge < -0.3 is 15.8 Å². The molecule has 6 heteroatoms. The summed E-state index contributed by atoms with van der Waals surface area (Å²) in [4.78, 5) is 4.02. The molecule has 0 bridgehead atoms. The average molecular weight is 183 g/mol. The third kappa shape index (κ3) is 2.16. The van der Waals surface area contributed by atoms with Crippen molar-refractivity contribution in [2.24, 2.45) is 0 Å². The lowest BCUT2D eigenvalue weighted by Crippen LogP contribution is -2.42. The highest BCUT2D eigenvalue weighted by Gasteiger charge is 2.14. The van der Waals surface area contributed by atoms with Gasteiger partial charge >= 0.3 is 0 Å². The standard InChI is InChI=1S/C7H13N5O/c8-7-10-6(11-12-7)3-5-4-13-2-1-9-5/h5,9H,1-4H2,(H3,8,10,11,12). The van der Waals surface area contributed by atoms with Crippen molar-refractivity contribution in [3.63, 3.8) is 0 Å². The van der Waals surface area contributed by atoms with Gasteiger partial charge in [-0.15, -0.1) is 5.10 Å². The average Bonchev–Trinajstić information content (AvgIpc) is 2.53. The van der Waals surface area contributed by atoms with Gasteiger partial charge in [0.1, 0.15) is 5.82 Å². The lowest BCUT2D eigenvalue weighted by atomic mass is 10.2. The Labute approximate surface area is 75.9 Å². The Kier molecular flexibility index (Phi) is 2.42. The number of H-pyrrole nitrogens is 1. The van der Waals surface area contributed by atoms with E-state index in [9.17, 15) is 0 Å². The molecule has 1 unspecified atom stereocenters. The first-order valence-corrected chi connectivity index (χ1v) is 4.32. The smallest absolute Gasteiger partial charge is 0.239 e. The number of morpholine rings is 1. The lowest BCUT2D eigenvalue weighted by molar-refractivity contribution is 0.0764. The molecule has 1 aromatic rings. The van der Waals surface area contributed by atoms with Crippen LogP contribution in [0.25, 0.3) is 0 Å². The molecule has 13 heavy (non-hydrogen) atoms. The van der Waals surface area contributed by atoms with Gasteiger partial charge in [-0.25, -0.2) is 0 Å². The molecule has 1 aromatic heterocycles. The predicted octanol–water partition coefficient (Wildman–Crippen LogP) is -1.08. The Morgan fingerprint density at radius 3 is 3.15 bits per heavy atom. The molecule has 72 valence electrons. The number of nitrogens with zero attached hydrogens (tertiary/aromatic N) is 2. The van der Waals surface area contributed by atoms with Crippen LogP contribution in [0.5, 0.6) is 0 Å². The second-order valence-corrected chi connectivity index (χ2v) is 3.07. The van der Waals surface area contributed by atoms with Crippen LogP contribution in [0.3, 0.4) is 0 Å². The van der Waals surface area contributed by atoms with Gasteiger partial charge in [0.05, 0.1) is 13.2 Å². The quantitative estimate of drug-likeness (QED) is 0.542. The lowest BCUT2D eigenvalue weighted by Gasteiger charge is -2.22. The zero-order valence-electron chi connectivity index (χ0n) is 7.29. The van der Waals surface area contributed by atoms with Crippen molar-refractivity contribution >= 4 is 5.95 Å². The SMILES string of the molecule is Nc1n[nH]c(CC2COCCN2)n1. The zero-order chi connectivity index (χ0) is 9.10. The molecule has 4 N–H and O–H groups in total. The molecular formula is C7H13N5O. The molecule has 6 nitrogen and oxygen atoms in total. The summed E-state index contributed by atoms with van der Waals surface area (Å²) >= 11 is 0. The van der Waals surface area contributed by atoms with Gasteiger partial charge in [-0.3, -0.25) is 5.10 Å². The van der Waals surface area contributed by atoms with E-state index in [-0.39, 0.29) is 0 Å². The summed E-state index contributed by atoms with van der Waals surface area (Å²) in [5.74, 6) is 1.10. The van der Waals surface area contributed by atoms with Crippen LogP contribution in [0, 0.1) is 0 Å². The maximum absolute atomic E-state index is 5.38. The van der Waals surface area contributed by atoms with Gasteiger partial charge in [-0.1, -0.05) is 0 Å². The van der Waals surface area contributed by atoms with Crippen molar-refractivity contribution in [2.75, 3.05) is 25.5 Å². The van der Waals surface area contributed by atoms with Gasteiger partial charge in [-0.05, 0) is 0 Å². The molecule has 2 heterocycles. The van der Waals surface area contributed by atoms with Crippen LogP contribution in [0.4, 0.5) is 5.95 Å². The van der Waals surface area contributed by atoms with E-state index in [1.807, 2.05) is 0 Å². The molecular weight excluding hydrogens is 170 g/mol. The van der Waals surface area contributed by atoms with Crippen molar-refractivity contribution < 1.29 is 4.74 Å². The molecule has 0 spiro atoms. The number of aromatic amines is 1. The summed E-state index contributed by atoms with van der Waals surface area (Å²) in [6.07, 6.45) is 0.782. The number of nitrogen functional groups attached to an aromatic ring is 1. The summed E-state index contributed by atoms with van der Waals surface area (Å²) in [5, 5.41) is 9.85. The number of anilines is 1. The Morgan fingerprint density at radius 1 is 1.62 bits per heavy atom. The van der Waals surface area contributed by atoms with Crippen LogP contribution in [0.1, 0.15) is 5.82 Å². The molecule has 0 saturated carbocycles. The number of nitrogens with one attached hydrogen (secondary N) is 2. The molecule has 0 radical (unpaired) electrons. The van der Waals surface area contributed by atoms with Gasteiger partial charge in [0.15, 0.2) is 0 Å². The van der Waals surface area contributed by atoms with Crippen molar-refractivity contribution in [3.8, 4) is 0 Å². The van der Waals surface area contributed by atoms with Crippen LogP contribution in [0.15, 0.2) is 0 Å². The number of aromatic nitrogens is 3. The Bertz CT molecular complexity index is 268. The maximum Gasteiger partial charge on any atom is 0.239 e. The van der Waals surface area contributed by atoms with Crippen molar-refractivity contribution in [3.05, 3.63) is 5.82 Å². The predicted molar refractivity (Wildman–Crippen MR) is 47.1 cm³/mol. The minimum atomic E-state index is 0.298. The van der Waals surface area contributed by atoms with Crippen LogP contribution >= 0.6 is 0 Å². The summed E-state index contributed by atoms with van der Waals surface area (Å²) in [6, 6.07) is 0.320. The minimum absolute atomic E-state index is 0.298. The third-order valence-electron chi connectivity index (χ3n) is 1.99. The number of nitrogens with two attached hydrogens (primary N) is 1. The number of ether oxygens (including phenoxy) is 1. The van der Waals surface area contributed by atoms with Crippen molar-refractivity contribution in [1.29, 1.82) is 0 Å². The molecule has 0 aliphatic carbocycles. The van der Waals surface area contributed by atoms with Gasteiger partial charge in [0.2, 0.25) is 5.95 Å².